The van der Waals surface area contributed by atoms with Crippen molar-refractivity contribution in [3.05, 3.63) is 28.8 Å². The minimum atomic E-state index is -0.0552. The van der Waals surface area contributed by atoms with Crippen LogP contribution in [0.25, 0.3) is 0 Å². The monoisotopic (exact) mass is 277 g/mol. The third-order valence-electron chi connectivity index (χ3n) is 3.37. The maximum Gasteiger partial charge on any atom is 0.265 e. The molecule has 19 heavy (non-hydrogen) atoms. The van der Waals surface area contributed by atoms with Crippen molar-refractivity contribution in [1.82, 2.24) is 24.5 Å². The number of hydrogen-bond donors (Lipinski definition) is 1. The van der Waals surface area contributed by atoms with Crippen LogP contribution in [0, 0.1) is 0 Å². The predicted octanol–water partition coefficient (Wildman–Crippen LogP) is 1.04. The van der Waals surface area contributed by atoms with Crippen molar-refractivity contribution in [3.63, 3.8) is 0 Å². The molecule has 2 aromatic heterocycles. The summed E-state index contributed by atoms with van der Waals surface area (Å²) in [6.07, 6.45) is 6.33. The highest BCUT2D eigenvalue weighted by atomic mass is 32.1. The van der Waals surface area contributed by atoms with Gasteiger partial charge in [0.05, 0.1) is 5.69 Å². The predicted molar refractivity (Wildman–Crippen MR) is 71.1 cm³/mol. The fourth-order valence-corrected chi connectivity index (χ4v) is 3.00. The molecule has 7 heteroatoms. The van der Waals surface area contributed by atoms with Gasteiger partial charge in [-0.05, 0) is 24.4 Å². The molecule has 0 bridgehead atoms. The molecule has 0 saturated carbocycles. The molecular weight excluding hydrogens is 262 g/mol. The summed E-state index contributed by atoms with van der Waals surface area (Å²) in [4.78, 5) is 17.1. The summed E-state index contributed by atoms with van der Waals surface area (Å²) in [6, 6.07) is 0.154. The molecule has 2 aromatic rings. The average Bonchev–Trinajstić information content (AvgIpc) is 3.06. The van der Waals surface area contributed by atoms with E-state index in [-0.39, 0.29) is 11.9 Å². The zero-order chi connectivity index (χ0) is 13.2. The van der Waals surface area contributed by atoms with Crippen LogP contribution in [0.15, 0.2) is 12.4 Å². The van der Waals surface area contributed by atoms with Crippen molar-refractivity contribution in [3.8, 4) is 0 Å². The SMILES string of the molecule is CCc1nnsc1C(=O)N[C@@H]1CCc2nccn2C1. The van der Waals surface area contributed by atoms with Crippen LogP contribution < -0.4 is 5.32 Å². The van der Waals surface area contributed by atoms with E-state index >= 15 is 0 Å². The first-order valence-electron chi connectivity index (χ1n) is 6.40. The van der Waals surface area contributed by atoms with Crippen molar-refractivity contribution in [2.45, 2.75) is 38.8 Å². The van der Waals surface area contributed by atoms with Gasteiger partial charge in [-0.3, -0.25) is 4.79 Å². The topological polar surface area (TPSA) is 72.7 Å². The van der Waals surface area contributed by atoms with Crippen molar-refractivity contribution >= 4 is 17.4 Å². The van der Waals surface area contributed by atoms with Crippen LogP contribution in [0.3, 0.4) is 0 Å². The van der Waals surface area contributed by atoms with Gasteiger partial charge < -0.3 is 9.88 Å². The molecule has 0 unspecified atom stereocenters. The van der Waals surface area contributed by atoms with Crippen LogP contribution in [0.4, 0.5) is 0 Å². The van der Waals surface area contributed by atoms with Crippen molar-refractivity contribution in [2.75, 3.05) is 0 Å². The van der Waals surface area contributed by atoms with Gasteiger partial charge in [-0.2, -0.15) is 0 Å². The molecule has 1 aliphatic rings. The number of amides is 1. The average molecular weight is 277 g/mol. The molecule has 3 heterocycles. The fourth-order valence-electron chi connectivity index (χ4n) is 2.35. The van der Waals surface area contributed by atoms with Crippen LogP contribution in [-0.4, -0.2) is 31.1 Å². The number of carbonyl (C=O) groups is 1. The van der Waals surface area contributed by atoms with Gasteiger partial charge in [-0.1, -0.05) is 11.4 Å². The standard InChI is InChI=1S/C12H15N5OS/c1-2-9-11(19-16-15-9)12(18)14-8-3-4-10-13-5-6-17(10)7-8/h5-6,8H,2-4,7H2,1H3,(H,14,18)/t8-/m1/s1. The molecule has 3 rings (SSSR count). The fraction of sp³-hybridized carbons (Fsp3) is 0.500. The number of hydrogen-bond acceptors (Lipinski definition) is 5. The lowest BCUT2D eigenvalue weighted by Crippen LogP contribution is -2.40. The Balaban J connectivity index is 1.68. The number of rotatable bonds is 3. The van der Waals surface area contributed by atoms with Crippen LogP contribution in [0.5, 0.6) is 0 Å². The van der Waals surface area contributed by atoms with Gasteiger partial charge in [0.25, 0.3) is 5.91 Å². The van der Waals surface area contributed by atoms with E-state index in [0.29, 0.717) is 4.88 Å². The Hall–Kier alpha value is -1.76. The summed E-state index contributed by atoms with van der Waals surface area (Å²) in [6.45, 7) is 2.76. The number of carbonyl (C=O) groups excluding carboxylic acids is 1. The summed E-state index contributed by atoms with van der Waals surface area (Å²) in [7, 11) is 0. The number of imidazole rings is 1. The maximum absolute atomic E-state index is 12.2. The summed E-state index contributed by atoms with van der Waals surface area (Å²) < 4.78 is 5.95. The van der Waals surface area contributed by atoms with E-state index in [1.54, 1.807) is 0 Å². The van der Waals surface area contributed by atoms with Crippen molar-refractivity contribution < 1.29 is 4.79 Å². The normalized spacial score (nSPS) is 18.1. The summed E-state index contributed by atoms with van der Waals surface area (Å²) in [5, 5.41) is 7.04. The van der Waals surface area contributed by atoms with Crippen molar-refractivity contribution in [2.24, 2.45) is 0 Å². The van der Waals surface area contributed by atoms with Gasteiger partial charge in [0, 0.05) is 31.4 Å². The van der Waals surface area contributed by atoms with E-state index < -0.39 is 0 Å². The number of nitrogens with zero attached hydrogens (tertiary/aromatic N) is 4. The lowest BCUT2D eigenvalue weighted by atomic mass is 10.1. The van der Waals surface area contributed by atoms with Crippen LogP contribution in [0.2, 0.25) is 0 Å². The first kappa shape index (κ1) is 12.3. The number of aromatic nitrogens is 4. The van der Waals surface area contributed by atoms with E-state index in [9.17, 15) is 4.79 Å². The smallest absolute Gasteiger partial charge is 0.265 e. The number of fused-ring (bicyclic) bond motifs is 1. The zero-order valence-electron chi connectivity index (χ0n) is 10.7. The maximum atomic E-state index is 12.2. The van der Waals surface area contributed by atoms with Gasteiger partial charge >= 0.3 is 0 Å². The Morgan fingerprint density at radius 2 is 2.53 bits per heavy atom. The molecule has 0 spiro atoms. The first-order valence-corrected chi connectivity index (χ1v) is 7.17. The van der Waals surface area contributed by atoms with Gasteiger partial charge in [0.15, 0.2) is 0 Å². The highest BCUT2D eigenvalue weighted by Crippen LogP contribution is 2.15. The van der Waals surface area contributed by atoms with E-state index in [1.807, 2.05) is 19.3 Å². The van der Waals surface area contributed by atoms with Gasteiger partial charge in [-0.15, -0.1) is 5.10 Å². The molecule has 0 aromatic carbocycles. The first-order chi connectivity index (χ1) is 9.28. The highest BCUT2D eigenvalue weighted by molar-refractivity contribution is 7.08. The zero-order valence-corrected chi connectivity index (χ0v) is 11.5. The molecule has 0 radical (unpaired) electrons. The second-order valence-electron chi connectivity index (χ2n) is 4.61. The molecule has 1 aliphatic heterocycles. The highest BCUT2D eigenvalue weighted by Gasteiger charge is 2.23. The molecule has 0 aliphatic carbocycles. The van der Waals surface area contributed by atoms with Gasteiger partial charge in [0.2, 0.25) is 0 Å². The van der Waals surface area contributed by atoms with Crippen LogP contribution >= 0.6 is 11.5 Å². The lowest BCUT2D eigenvalue weighted by Gasteiger charge is -2.24. The third kappa shape index (κ3) is 2.37. The Bertz CT molecular complexity index is 590. The molecular formula is C12H15N5OS. The molecule has 1 N–H and O–H groups in total. The molecule has 1 amide bonds. The number of nitrogens with one attached hydrogen (secondary N) is 1. The van der Waals surface area contributed by atoms with E-state index in [4.69, 9.17) is 0 Å². The second-order valence-corrected chi connectivity index (χ2v) is 5.36. The minimum Gasteiger partial charge on any atom is -0.347 e. The lowest BCUT2D eigenvalue weighted by molar-refractivity contribution is 0.0930. The van der Waals surface area contributed by atoms with E-state index in [1.165, 1.54) is 11.5 Å². The Morgan fingerprint density at radius 1 is 1.63 bits per heavy atom. The van der Waals surface area contributed by atoms with E-state index in [0.717, 1.165) is 37.3 Å². The summed E-state index contributed by atoms with van der Waals surface area (Å²) in [5.41, 5.74) is 0.779. The van der Waals surface area contributed by atoms with Crippen LogP contribution in [0.1, 0.15) is 34.5 Å². The Labute approximate surface area is 115 Å². The summed E-state index contributed by atoms with van der Waals surface area (Å²) in [5.74, 6) is 1.04. The van der Waals surface area contributed by atoms with E-state index in [2.05, 4.69) is 24.5 Å². The molecule has 100 valence electrons. The second kappa shape index (κ2) is 5.08. The molecule has 1 atom stereocenters. The van der Waals surface area contributed by atoms with Crippen LogP contribution in [-0.2, 0) is 19.4 Å². The Kier molecular flexibility index (Phi) is 3.29. The largest absolute Gasteiger partial charge is 0.347 e. The minimum absolute atomic E-state index is 0.0552. The number of aryl methyl sites for hydroxylation is 2. The molecule has 0 saturated heterocycles. The Morgan fingerprint density at radius 3 is 3.37 bits per heavy atom. The summed E-state index contributed by atoms with van der Waals surface area (Å²) >= 11 is 1.17. The molecule has 0 fully saturated rings. The third-order valence-corrected chi connectivity index (χ3v) is 4.13. The van der Waals surface area contributed by atoms with Gasteiger partial charge in [-0.25, -0.2) is 4.98 Å². The van der Waals surface area contributed by atoms with Crippen molar-refractivity contribution in [1.29, 1.82) is 0 Å². The van der Waals surface area contributed by atoms with Gasteiger partial charge in [0.1, 0.15) is 10.7 Å². The molecule has 6 nitrogen and oxygen atoms in total. The quantitative estimate of drug-likeness (QED) is 0.910.